The fourth-order valence-electron chi connectivity index (χ4n) is 3.20. The summed E-state index contributed by atoms with van der Waals surface area (Å²) in [5, 5.41) is 19.1. The van der Waals surface area contributed by atoms with Gasteiger partial charge in [0.2, 0.25) is 0 Å². The van der Waals surface area contributed by atoms with E-state index in [1.165, 1.54) is 0 Å². The molecule has 2 aliphatic heterocycles. The van der Waals surface area contributed by atoms with Crippen LogP contribution in [0.5, 0.6) is 0 Å². The topological polar surface area (TPSA) is 77.4 Å². The van der Waals surface area contributed by atoms with Crippen molar-refractivity contribution >= 4 is 31.9 Å². The van der Waals surface area contributed by atoms with Gasteiger partial charge in [0.25, 0.3) is 0 Å². The lowest BCUT2D eigenvalue weighted by Gasteiger charge is -2.30. The molecule has 32 heavy (non-hydrogen) atoms. The molecule has 4 rings (SSSR count). The van der Waals surface area contributed by atoms with Gasteiger partial charge in [-0.25, -0.2) is 0 Å². The maximum Gasteiger partial charge on any atom is 0.160 e. The van der Waals surface area contributed by atoms with Crippen LogP contribution >= 0.6 is 31.9 Å². The summed E-state index contributed by atoms with van der Waals surface area (Å²) in [6.07, 6.45) is -0.167. The fourth-order valence-corrected chi connectivity index (χ4v) is 4.03. The average molecular weight is 574 g/mol. The lowest BCUT2D eigenvalue weighted by atomic mass is 10.1. The first-order chi connectivity index (χ1) is 15.5. The van der Waals surface area contributed by atoms with Gasteiger partial charge in [-0.2, -0.15) is 0 Å². The Morgan fingerprint density at radius 3 is 1.69 bits per heavy atom. The molecule has 0 saturated carbocycles. The molecule has 2 N–H and O–H groups in total. The molecule has 2 heterocycles. The van der Waals surface area contributed by atoms with Crippen LogP contribution in [0.1, 0.15) is 24.0 Å². The van der Waals surface area contributed by atoms with E-state index < -0.39 is 12.2 Å². The molecule has 0 bridgehead atoms. The Morgan fingerprint density at radius 2 is 1.19 bits per heavy atom. The third-order valence-electron chi connectivity index (χ3n) is 5.14. The summed E-state index contributed by atoms with van der Waals surface area (Å²) in [7, 11) is 0. The monoisotopic (exact) mass is 572 g/mol. The molecule has 0 radical (unpaired) electrons. The summed E-state index contributed by atoms with van der Waals surface area (Å²) in [5.74, 6) is 0. The molecule has 2 fully saturated rings. The van der Waals surface area contributed by atoms with Gasteiger partial charge in [-0.1, -0.05) is 92.5 Å². The minimum absolute atomic E-state index is 0.0177. The van der Waals surface area contributed by atoms with Gasteiger partial charge in [0, 0.05) is 17.7 Å². The highest BCUT2D eigenvalue weighted by Crippen LogP contribution is 2.23. The van der Waals surface area contributed by atoms with Gasteiger partial charge in [0.1, 0.15) is 0 Å². The molecule has 0 amide bonds. The molecule has 6 unspecified atom stereocenters. The number of benzene rings is 2. The smallest absolute Gasteiger partial charge is 0.160 e. The quantitative estimate of drug-likeness (QED) is 0.506. The van der Waals surface area contributed by atoms with Crippen molar-refractivity contribution in [3.05, 3.63) is 71.8 Å². The number of alkyl halides is 2. The Labute approximate surface area is 206 Å². The number of aliphatic hydroxyl groups is 2. The van der Waals surface area contributed by atoms with Gasteiger partial charge in [-0.05, 0) is 11.1 Å². The van der Waals surface area contributed by atoms with Crippen molar-refractivity contribution in [1.82, 2.24) is 0 Å². The van der Waals surface area contributed by atoms with E-state index in [1.54, 1.807) is 0 Å². The zero-order valence-electron chi connectivity index (χ0n) is 17.8. The van der Waals surface area contributed by atoms with E-state index in [4.69, 9.17) is 18.9 Å². The van der Waals surface area contributed by atoms with Gasteiger partial charge in [0.15, 0.2) is 12.6 Å². The van der Waals surface area contributed by atoms with E-state index in [9.17, 15) is 10.2 Å². The molecule has 2 aliphatic rings. The van der Waals surface area contributed by atoms with E-state index >= 15 is 0 Å². The Bertz CT molecular complexity index is 700. The fraction of sp³-hybridized carbons (Fsp3) is 0.500. The molecular weight excluding hydrogens is 544 g/mol. The summed E-state index contributed by atoms with van der Waals surface area (Å²) in [6.45, 7) is 1.88. The number of ether oxygens (including phenoxy) is 4. The van der Waals surface area contributed by atoms with Gasteiger partial charge < -0.3 is 29.2 Å². The van der Waals surface area contributed by atoms with Crippen molar-refractivity contribution in [3.8, 4) is 0 Å². The molecule has 0 aromatic heterocycles. The molecule has 2 aromatic rings. The predicted molar refractivity (Wildman–Crippen MR) is 129 cm³/mol. The molecule has 176 valence electrons. The van der Waals surface area contributed by atoms with Crippen molar-refractivity contribution in [3.63, 3.8) is 0 Å². The van der Waals surface area contributed by atoms with Crippen LogP contribution in [-0.2, 0) is 32.2 Å². The maximum absolute atomic E-state index is 9.64. The van der Waals surface area contributed by atoms with Crippen LogP contribution in [0.2, 0.25) is 0 Å². The van der Waals surface area contributed by atoms with E-state index in [-0.39, 0.29) is 22.2 Å². The van der Waals surface area contributed by atoms with Crippen LogP contribution in [0, 0.1) is 0 Å². The largest absolute Gasteiger partial charge is 0.392 e. The van der Waals surface area contributed by atoms with Crippen LogP contribution in [0.15, 0.2) is 60.7 Å². The normalized spacial score (nSPS) is 30.2. The first-order valence-electron chi connectivity index (χ1n) is 10.7. The SMILES string of the molecule is OC1CC(OCc2ccccc2)OCC1Br.OC1COC(OCc2ccccc2)CC1Br. The van der Waals surface area contributed by atoms with E-state index in [0.29, 0.717) is 39.3 Å². The third-order valence-corrected chi connectivity index (χ3v) is 7.00. The van der Waals surface area contributed by atoms with Crippen molar-refractivity contribution in [2.75, 3.05) is 13.2 Å². The van der Waals surface area contributed by atoms with Gasteiger partial charge in [-0.15, -0.1) is 0 Å². The van der Waals surface area contributed by atoms with Crippen molar-refractivity contribution in [2.45, 2.75) is 60.5 Å². The Balaban J connectivity index is 0.000000181. The van der Waals surface area contributed by atoms with Crippen LogP contribution in [-0.4, -0.2) is 57.9 Å². The molecular formula is C24H30Br2O6. The van der Waals surface area contributed by atoms with Gasteiger partial charge in [0.05, 0.1) is 43.5 Å². The second-order valence-corrected chi connectivity index (χ2v) is 10.1. The van der Waals surface area contributed by atoms with E-state index in [2.05, 4.69) is 31.9 Å². The Morgan fingerprint density at radius 1 is 0.688 bits per heavy atom. The van der Waals surface area contributed by atoms with Crippen molar-refractivity contribution < 1.29 is 29.2 Å². The van der Waals surface area contributed by atoms with E-state index in [1.807, 2.05) is 60.7 Å². The van der Waals surface area contributed by atoms with Crippen LogP contribution in [0.4, 0.5) is 0 Å². The van der Waals surface area contributed by atoms with Crippen LogP contribution in [0.3, 0.4) is 0 Å². The van der Waals surface area contributed by atoms with Gasteiger partial charge in [-0.3, -0.25) is 0 Å². The predicted octanol–water partition coefficient (Wildman–Crippen LogP) is 4.15. The molecule has 2 saturated heterocycles. The average Bonchev–Trinajstić information content (AvgIpc) is 2.82. The van der Waals surface area contributed by atoms with Crippen molar-refractivity contribution in [2.24, 2.45) is 0 Å². The summed E-state index contributed by atoms with van der Waals surface area (Å²) in [4.78, 5) is 0.0751. The Hall–Kier alpha value is -0.840. The first-order valence-corrected chi connectivity index (χ1v) is 12.5. The van der Waals surface area contributed by atoms with Gasteiger partial charge >= 0.3 is 0 Å². The summed E-state index contributed by atoms with van der Waals surface area (Å²) >= 11 is 6.76. The highest BCUT2D eigenvalue weighted by atomic mass is 79.9. The summed E-state index contributed by atoms with van der Waals surface area (Å²) in [5.41, 5.74) is 2.24. The van der Waals surface area contributed by atoms with Crippen LogP contribution < -0.4 is 0 Å². The highest BCUT2D eigenvalue weighted by molar-refractivity contribution is 9.09. The minimum Gasteiger partial charge on any atom is -0.392 e. The number of halogens is 2. The molecule has 2 aromatic carbocycles. The zero-order valence-corrected chi connectivity index (χ0v) is 20.9. The molecule has 6 atom stereocenters. The second-order valence-electron chi connectivity index (χ2n) is 7.76. The van der Waals surface area contributed by atoms with Crippen molar-refractivity contribution in [1.29, 1.82) is 0 Å². The summed E-state index contributed by atoms with van der Waals surface area (Å²) in [6, 6.07) is 19.9. The zero-order chi connectivity index (χ0) is 22.8. The molecule has 6 nitrogen and oxygen atoms in total. The minimum atomic E-state index is -0.434. The third kappa shape index (κ3) is 8.83. The molecule has 0 aliphatic carbocycles. The second kappa shape index (κ2) is 13.8. The number of hydrogen-bond donors (Lipinski definition) is 2. The number of hydrogen-bond acceptors (Lipinski definition) is 6. The molecule has 8 heteroatoms. The Kier molecular flexibility index (Phi) is 11.1. The summed E-state index contributed by atoms with van der Waals surface area (Å²) < 4.78 is 22.0. The lowest BCUT2D eigenvalue weighted by Crippen LogP contribution is -2.39. The number of aliphatic hydroxyl groups excluding tert-OH is 2. The molecule has 0 spiro atoms. The van der Waals surface area contributed by atoms with Crippen LogP contribution in [0.25, 0.3) is 0 Å². The first kappa shape index (κ1) is 25.8. The lowest BCUT2D eigenvalue weighted by molar-refractivity contribution is -0.189. The maximum atomic E-state index is 9.64. The highest BCUT2D eigenvalue weighted by Gasteiger charge is 2.29. The number of rotatable bonds is 6. The van der Waals surface area contributed by atoms with E-state index in [0.717, 1.165) is 11.1 Å². The standard InChI is InChI=1S/2C12H15BrO3/c13-10-8-16-12(6-11(10)14)15-7-9-4-2-1-3-5-9;13-10-6-12(16-8-11(10)14)15-7-9-4-2-1-3-5-9/h2*1-5,10-12,14H,6-8H2.